The van der Waals surface area contributed by atoms with Crippen LogP contribution in [0, 0.1) is 6.92 Å². The Labute approximate surface area is 107 Å². The second-order valence-corrected chi connectivity index (χ2v) is 4.95. The van der Waals surface area contributed by atoms with E-state index in [0.29, 0.717) is 5.56 Å². The highest BCUT2D eigenvalue weighted by atomic mass is 32.2. The van der Waals surface area contributed by atoms with Gasteiger partial charge in [-0.25, -0.2) is 0 Å². The van der Waals surface area contributed by atoms with Gasteiger partial charge in [0.15, 0.2) is 0 Å². The number of nitrogens with one attached hydrogen (secondary N) is 1. The number of primary amides is 1. The minimum atomic E-state index is -0.367. The number of anilines is 1. The molecule has 0 saturated carbocycles. The lowest BCUT2D eigenvalue weighted by Gasteiger charge is -2.11. The summed E-state index contributed by atoms with van der Waals surface area (Å²) in [6.45, 7) is 2.86. The van der Waals surface area contributed by atoms with E-state index in [0.717, 1.165) is 24.2 Å². The molecule has 0 heterocycles. The third-order valence-electron chi connectivity index (χ3n) is 2.69. The fraction of sp³-hybridized carbons (Fsp3) is 0.462. The average Bonchev–Trinajstić information content (AvgIpc) is 2.30. The molecule has 1 rings (SSSR count). The van der Waals surface area contributed by atoms with Crippen LogP contribution in [0.3, 0.4) is 0 Å². The molecule has 0 aliphatic rings. The molecule has 0 aromatic heterocycles. The molecule has 0 atom stereocenters. The zero-order valence-electron chi connectivity index (χ0n) is 10.5. The summed E-state index contributed by atoms with van der Waals surface area (Å²) < 4.78 is 0. The van der Waals surface area contributed by atoms with Crippen molar-refractivity contribution >= 4 is 23.4 Å². The summed E-state index contributed by atoms with van der Waals surface area (Å²) in [5, 5.41) is 3.35. The number of carbonyl (C=O) groups is 1. The predicted molar refractivity (Wildman–Crippen MR) is 75.8 cm³/mol. The Morgan fingerprint density at radius 2 is 2.18 bits per heavy atom. The van der Waals surface area contributed by atoms with Crippen LogP contribution in [0.1, 0.15) is 28.8 Å². The van der Waals surface area contributed by atoms with Gasteiger partial charge < -0.3 is 11.1 Å². The second kappa shape index (κ2) is 7.22. The summed E-state index contributed by atoms with van der Waals surface area (Å²) in [5.74, 6) is 0.829. The van der Waals surface area contributed by atoms with Crippen LogP contribution in [0.4, 0.5) is 5.69 Å². The molecule has 0 fully saturated rings. The summed E-state index contributed by atoms with van der Waals surface area (Å²) in [6.07, 6.45) is 4.47. The van der Waals surface area contributed by atoms with Crippen LogP contribution in [-0.2, 0) is 0 Å². The quantitative estimate of drug-likeness (QED) is 0.734. The normalized spacial score (nSPS) is 10.2. The van der Waals surface area contributed by atoms with Gasteiger partial charge in [0.1, 0.15) is 0 Å². The van der Waals surface area contributed by atoms with E-state index >= 15 is 0 Å². The first-order valence-corrected chi connectivity index (χ1v) is 7.18. The molecule has 3 nitrogen and oxygen atoms in total. The Balaban J connectivity index is 2.54. The van der Waals surface area contributed by atoms with Crippen molar-refractivity contribution in [3.63, 3.8) is 0 Å². The monoisotopic (exact) mass is 252 g/mol. The minimum Gasteiger partial charge on any atom is -0.385 e. The van der Waals surface area contributed by atoms with Crippen LogP contribution in [0.5, 0.6) is 0 Å². The first-order chi connectivity index (χ1) is 8.16. The highest BCUT2D eigenvalue weighted by Crippen LogP contribution is 2.18. The molecule has 0 bridgehead atoms. The standard InChI is InChI=1S/C13H20N2OS/c1-10-11(13(14)16)6-5-7-12(10)15-8-3-4-9-17-2/h5-7,15H,3-4,8-9H2,1-2H3,(H2,14,16). The molecule has 0 spiro atoms. The molecule has 3 N–H and O–H groups in total. The van der Waals surface area contributed by atoms with Gasteiger partial charge in [-0.15, -0.1) is 0 Å². The SMILES string of the molecule is CSCCCCNc1cccc(C(N)=O)c1C. The Kier molecular flexibility index (Phi) is 5.91. The Morgan fingerprint density at radius 1 is 1.41 bits per heavy atom. The number of benzene rings is 1. The summed E-state index contributed by atoms with van der Waals surface area (Å²) in [4.78, 5) is 11.2. The molecule has 1 aromatic carbocycles. The van der Waals surface area contributed by atoms with Gasteiger partial charge in [-0.3, -0.25) is 4.79 Å². The number of thioether (sulfide) groups is 1. The Morgan fingerprint density at radius 3 is 2.82 bits per heavy atom. The molecule has 94 valence electrons. The first-order valence-electron chi connectivity index (χ1n) is 5.79. The van der Waals surface area contributed by atoms with Gasteiger partial charge in [0, 0.05) is 17.8 Å². The highest BCUT2D eigenvalue weighted by molar-refractivity contribution is 7.98. The van der Waals surface area contributed by atoms with Gasteiger partial charge in [-0.1, -0.05) is 6.07 Å². The van der Waals surface area contributed by atoms with E-state index in [1.165, 1.54) is 12.2 Å². The number of hydrogen-bond donors (Lipinski definition) is 2. The summed E-state index contributed by atoms with van der Waals surface area (Å²) >= 11 is 1.87. The number of amides is 1. The lowest BCUT2D eigenvalue weighted by Crippen LogP contribution is -2.14. The maximum atomic E-state index is 11.2. The zero-order chi connectivity index (χ0) is 12.7. The van der Waals surface area contributed by atoms with Crippen molar-refractivity contribution in [1.82, 2.24) is 0 Å². The molecule has 0 aliphatic heterocycles. The van der Waals surface area contributed by atoms with E-state index < -0.39 is 0 Å². The van der Waals surface area contributed by atoms with Crippen molar-refractivity contribution in [3.8, 4) is 0 Å². The number of nitrogens with two attached hydrogens (primary N) is 1. The van der Waals surface area contributed by atoms with Crippen LogP contribution in [0.25, 0.3) is 0 Å². The lowest BCUT2D eigenvalue weighted by atomic mass is 10.1. The number of unbranched alkanes of at least 4 members (excludes halogenated alkanes) is 1. The van der Waals surface area contributed by atoms with E-state index in [-0.39, 0.29) is 5.91 Å². The largest absolute Gasteiger partial charge is 0.385 e. The van der Waals surface area contributed by atoms with Gasteiger partial charge in [0.25, 0.3) is 0 Å². The van der Waals surface area contributed by atoms with Crippen molar-refractivity contribution < 1.29 is 4.79 Å². The molecule has 0 unspecified atom stereocenters. The summed E-state index contributed by atoms with van der Waals surface area (Å²) in [7, 11) is 0. The van der Waals surface area contributed by atoms with Crippen molar-refractivity contribution in [1.29, 1.82) is 0 Å². The lowest BCUT2D eigenvalue weighted by molar-refractivity contribution is 0.1000. The molecule has 0 radical (unpaired) electrons. The van der Waals surface area contributed by atoms with Crippen LogP contribution in [-0.4, -0.2) is 24.5 Å². The molecule has 1 amide bonds. The molecule has 0 aliphatic carbocycles. The van der Waals surface area contributed by atoms with Gasteiger partial charge in [0.2, 0.25) is 5.91 Å². The van der Waals surface area contributed by atoms with Crippen molar-refractivity contribution in [2.45, 2.75) is 19.8 Å². The van der Waals surface area contributed by atoms with E-state index in [1.807, 2.05) is 30.8 Å². The fourth-order valence-electron chi connectivity index (χ4n) is 1.69. The van der Waals surface area contributed by atoms with Gasteiger partial charge in [0.05, 0.1) is 0 Å². The maximum absolute atomic E-state index is 11.2. The van der Waals surface area contributed by atoms with Crippen molar-refractivity contribution in [3.05, 3.63) is 29.3 Å². The van der Waals surface area contributed by atoms with Gasteiger partial charge >= 0.3 is 0 Å². The van der Waals surface area contributed by atoms with Crippen LogP contribution in [0.15, 0.2) is 18.2 Å². The molecular formula is C13H20N2OS. The topological polar surface area (TPSA) is 55.1 Å². The smallest absolute Gasteiger partial charge is 0.249 e. The van der Waals surface area contributed by atoms with Gasteiger partial charge in [-0.2, -0.15) is 11.8 Å². The third kappa shape index (κ3) is 4.30. The molecule has 4 heteroatoms. The second-order valence-electron chi connectivity index (χ2n) is 3.97. The zero-order valence-corrected chi connectivity index (χ0v) is 11.3. The van der Waals surface area contributed by atoms with Crippen LogP contribution < -0.4 is 11.1 Å². The number of rotatable bonds is 7. The van der Waals surface area contributed by atoms with Crippen molar-refractivity contribution in [2.24, 2.45) is 5.73 Å². The minimum absolute atomic E-state index is 0.367. The number of hydrogen-bond acceptors (Lipinski definition) is 3. The average molecular weight is 252 g/mol. The van der Waals surface area contributed by atoms with E-state index in [1.54, 1.807) is 6.07 Å². The Bertz CT molecular complexity index is 380. The maximum Gasteiger partial charge on any atom is 0.249 e. The molecule has 1 aromatic rings. The van der Waals surface area contributed by atoms with E-state index in [2.05, 4.69) is 11.6 Å². The van der Waals surface area contributed by atoms with E-state index in [4.69, 9.17) is 5.73 Å². The van der Waals surface area contributed by atoms with Crippen molar-refractivity contribution in [2.75, 3.05) is 23.9 Å². The fourth-order valence-corrected chi connectivity index (χ4v) is 2.18. The summed E-state index contributed by atoms with van der Waals surface area (Å²) in [5.41, 5.74) is 7.84. The first kappa shape index (κ1) is 13.9. The van der Waals surface area contributed by atoms with E-state index in [9.17, 15) is 4.79 Å². The molecule has 17 heavy (non-hydrogen) atoms. The van der Waals surface area contributed by atoms with Gasteiger partial charge in [-0.05, 0) is 49.5 Å². The van der Waals surface area contributed by atoms with Crippen LogP contribution in [0.2, 0.25) is 0 Å². The number of carbonyl (C=O) groups excluding carboxylic acids is 1. The molecule has 0 saturated heterocycles. The predicted octanol–water partition coefficient (Wildman–Crippen LogP) is 2.65. The highest BCUT2D eigenvalue weighted by Gasteiger charge is 2.07. The third-order valence-corrected chi connectivity index (χ3v) is 3.39. The van der Waals surface area contributed by atoms with Crippen LogP contribution >= 0.6 is 11.8 Å². The Hall–Kier alpha value is -1.16. The summed E-state index contributed by atoms with van der Waals surface area (Å²) in [6, 6.07) is 5.60. The molecular weight excluding hydrogens is 232 g/mol.